The van der Waals surface area contributed by atoms with Crippen molar-refractivity contribution in [3.05, 3.63) is 75.2 Å². The maximum Gasteiger partial charge on any atom is 0.275 e. The molecule has 4 nitrogen and oxygen atoms in total. The lowest BCUT2D eigenvalue weighted by Gasteiger charge is -2.33. The number of aromatic amines is 1. The zero-order valence-electron chi connectivity index (χ0n) is 17.9. The molecule has 1 aromatic heterocycles. The molecule has 28 heavy (non-hydrogen) atoms. The topological polar surface area (TPSA) is 54.9 Å². The summed E-state index contributed by atoms with van der Waals surface area (Å²) in [6, 6.07) is 9.55. The molecule has 0 radical (unpaired) electrons. The van der Waals surface area contributed by atoms with Gasteiger partial charge in [0.05, 0.1) is 11.3 Å². The highest BCUT2D eigenvalue weighted by Crippen LogP contribution is 2.41. The molecule has 0 unspecified atom stereocenters. The van der Waals surface area contributed by atoms with Gasteiger partial charge in [0, 0.05) is 22.8 Å². The van der Waals surface area contributed by atoms with Crippen molar-refractivity contribution in [3.8, 4) is 5.69 Å². The molecule has 1 heterocycles. The first-order valence-corrected chi connectivity index (χ1v) is 9.77. The van der Waals surface area contributed by atoms with E-state index in [1.165, 1.54) is 0 Å². The number of nitrogens with zero attached hydrogens (tertiary/aromatic N) is 1. The molecular formula is C24H30N2O2. The molecule has 1 N–H and O–H groups in total. The molecule has 0 saturated carbocycles. The molecule has 0 amide bonds. The molecule has 0 atom stereocenters. The van der Waals surface area contributed by atoms with Crippen molar-refractivity contribution >= 4 is 5.78 Å². The lowest BCUT2D eigenvalue weighted by molar-refractivity contribution is -0.114. The van der Waals surface area contributed by atoms with Gasteiger partial charge in [-0.2, -0.15) is 0 Å². The summed E-state index contributed by atoms with van der Waals surface area (Å²) in [6.45, 7) is 14.2. The van der Waals surface area contributed by atoms with Gasteiger partial charge in [-0.25, -0.2) is 4.68 Å². The first kappa shape index (κ1) is 20.1. The van der Waals surface area contributed by atoms with Crippen molar-refractivity contribution < 1.29 is 4.79 Å². The van der Waals surface area contributed by atoms with Crippen LogP contribution in [0.15, 0.2) is 58.4 Å². The van der Waals surface area contributed by atoms with E-state index in [0.717, 1.165) is 22.5 Å². The van der Waals surface area contributed by atoms with E-state index in [2.05, 4.69) is 5.10 Å². The highest BCUT2D eigenvalue weighted by atomic mass is 16.1. The van der Waals surface area contributed by atoms with E-state index >= 15 is 0 Å². The largest absolute Gasteiger partial charge is 0.295 e. The maximum absolute atomic E-state index is 13.3. The summed E-state index contributed by atoms with van der Waals surface area (Å²) < 4.78 is 1.58. The van der Waals surface area contributed by atoms with Gasteiger partial charge in [-0.05, 0) is 29.9 Å². The fourth-order valence-electron chi connectivity index (χ4n) is 3.76. The van der Waals surface area contributed by atoms with Crippen molar-refractivity contribution in [2.45, 2.75) is 54.4 Å². The quantitative estimate of drug-likeness (QED) is 0.792. The zero-order chi connectivity index (χ0) is 20.9. The van der Waals surface area contributed by atoms with Crippen molar-refractivity contribution in [3.63, 3.8) is 0 Å². The van der Waals surface area contributed by atoms with Crippen LogP contribution < -0.4 is 5.56 Å². The van der Waals surface area contributed by atoms with Crippen LogP contribution in [-0.4, -0.2) is 15.6 Å². The summed E-state index contributed by atoms with van der Waals surface area (Å²) in [7, 11) is 0. The Balaban J connectivity index is 2.21. The van der Waals surface area contributed by atoms with Gasteiger partial charge in [-0.1, -0.05) is 71.9 Å². The highest BCUT2D eigenvalue weighted by Gasteiger charge is 2.36. The molecule has 0 fully saturated rings. The van der Waals surface area contributed by atoms with Crippen molar-refractivity contribution in [2.24, 2.45) is 10.8 Å². The number of Topliss-reactive ketones (excluding diaryl/α,β-unsaturated/α-hetero) is 1. The number of hydrogen-bond acceptors (Lipinski definition) is 2. The van der Waals surface area contributed by atoms with Gasteiger partial charge in [-0.15, -0.1) is 0 Å². The Hall–Kier alpha value is -2.62. The fourth-order valence-corrected chi connectivity index (χ4v) is 3.76. The number of para-hydroxylation sites is 1. The second kappa shape index (κ2) is 6.77. The Labute approximate surface area is 167 Å². The first-order valence-electron chi connectivity index (χ1n) is 9.77. The Morgan fingerprint density at radius 2 is 1.36 bits per heavy atom. The number of nitrogens with one attached hydrogen (secondary N) is 1. The lowest BCUT2D eigenvalue weighted by Crippen LogP contribution is -2.30. The molecule has 3 rings (SSSR count). The van der Waals surface area contributed by atoms with Crippen LogP contribution in [0.25, 0.3) is 5.69 Å². The number of rotatable bonds is 2. The van der Waals surface area contributed by atoms with E-state index in [1.807, 2.05) is 91.0 Å². The van der Waals surface area contributed by atoms with E-state index in [1.54, 1.807) is 4.68 Å². The Bertz CT molecular complexity index is 985. The van der Waals surface area contributed by atoms with E-state index in [4.69, 9.17) is 0 Å². The molecule has 4 heteroatoms. The minimum absolute atomic E-state index is 0.0722. The molecule has 1 aromatic carbocycles. The molecule has 1 aliphatic carbocycles. The minimum Gasteiger partial charge on any atom is -0.295 e. The molecule has 0 aliphatic heterocycles. The second-order valence-corrected chi connectivity index (χ2v) is 9.64. The number of benzene rings is 1. The van der Waals surface area contributed by atoms with Crippen LogP contribution in [0.4, 0.5) is 0 Å². The van der Waals surface area contributed by atoms with Crippen LogP contribution in [0, 0.1) is 17.8 Å². The zero-order valence-corrected chi connectivity index (χ0v) is 17.9. The number of hydrogen-bond donors (Lipinski definition) is 1. The van der Waals surface area contributed by atoms with Gasteiger partial charge < -0.3 is 0 Å². The van der Waals surface area contributed by atoms with Crippen LogP contribution in [0.1, 0.15) is 58.7 Å². The number of H-pyrrole nitrogens is 1. The van der Waals surface area contributed by atoms with Gasteiger partial charge in [-0.3, -0.25) is 14.7 Å². The number of carbonyl (C=O) groups excluding carboxylic acids is 1. The third kappa shape index (κ3) is 3.56. The van der Waals surface area contributed by atoms with Crippen LogP contribution >= 0.6 is 0 Å². The van der Waals surface area contributed by atoms with Crippen LogP contribution in [0.5, 0.6) is 0 Å². The van der Waals surface area contributed by atoms with Crippen molar-refractivity contribution in [2.75, 3.05) is 0 Å². The monoisotopic (exact) mass is 378 g/mol. The van der Waals surface area contributed by atoms with Gasteiger partial charge in [0.1, 0.15) is 0 Å². The van der Waals surface area contributed by atoms with Gasteiger partial charge in [0.2, 0.25) is 0 Å². The van der Waals surface area contributed by atoms with Crippen LogP contribution in [-0.2, 0) is 4.79 Å². The summed E-state index contributed by atoms with van der Waals surface area (Å²) >= 11 is 0. The van der Waals surface area contributed by atoms with E-state index in [-0.39, 0.29) is 28.1 Å². The summed E-state index contributed by atoms with van der Waals surface area (Å²) in [4.78, 5) is 26.4. The lowest BCUT2D eigenvalue weighted by atomic mass is 9.70. The normalized spacial score (nSPS) is 16.2. The third-order valence-electron chi connectivity index (χ3n) is 5.26. The number of ketones is 1. The smallest absolute Gasteiger partial charge is 0.275 e. The molecule has 0 saturated heterocycles. The van der Waals surface area contributed by atoms with Gasteiger partial charge in [0.25, 0.3) is 5.56 Å². The third-order valence-corrected chi connectivity index (χ3v) is 5.26. The number of aryl methyl sites for hydroxylation is 1. The van der Waals surface area contributed by atoms with E-state index in [9.17, 15) is 9.59 Å². The average Bonchev–Trinajstić information content (AvgIpc) is 2.88. The molecule has 1 aliphatic rings. The summed E-state index contributed by atoms with van der Waals surface area (Å²) in [6.07, 6.45) is 3.95. The van der Waals surface area contributed by atoms with Gasteiger partial charge >= 0.3 is 0 Å². The Kier molecular flexibility index (Phi) is 4.86. The Morgan fingerprint density at radius 1 is 0.857 bits per heavy atom. The minimum atomic E-state index is -0.289. The molecule has 0 bridgehead atoms. The van der Waals surface area contributed by atoms with E-state index in [0.29, 0.717) is 5.56 Å². The summed E-state index contributed by atoms with van der Waals surface area (Å²) in [5, 5.41) is 3.21. The van der Waals surface area contributed by atoms with Crippen molar-refractivity contribution in [1.82, 2.24) is 9.78 Å². The fraction of sp³-hybridized carbons (Fsp3) is 0.417. The van der Waals surface area contributed by atoms with Crippen molar-refractivity contribution in [1.29, 1.82) is 0 Å². The molecule has 2 aromatic rings. The first-order chi connectivity index (χ1) is 12.9. The average molecular weight is 379 g/mol. The highest BCUT2D eigenvalue weighted by molar-refractivity contribution is 6.11. The second-order valence-electron chi connectivity index (χ2n) is 9.64. The van der Waals surface area contributed by atoms with Crippen LogP contribution in [0.3, 0.4) is 0 Å². The predicted octanol–water partition coefficient (Wildman–Crippen LogP) is 5.09. The summed E-state index contributed by atoms with van der Waals surface area (Å²) in [5.41, 5.74) is 3.21. The number of carbonyl (C=O) groups is 1. The van der Waals surface area contributed by atoms with Gasteiger partial charge in [0.15, 0.2) is 5.78 Å². The van der Waals surface area contributed by atoms with Crippen LogP contribution in [0.2, 0.25) is 0 Å². The number of aromatic nitrogens is 2. The Morgan fingerprint density at radius 3 is 1.82 bits per heavy atom. The standard InChI is InChI=1S/C24H30N2O2/c1-15-20(22(28)26(25-15)17-11-9-8-10-12-17)16-13-18(23(2,3)4)21(27)19(14-16)24(5,6)7/h8-14,16,25H,1-7H3. The SMILES string of the molecule is Cc1[nH]n(-c2ccccc2)c(=O)c1C1C=C(C(C)(C)C)C(=O)C(C(C)(C)C)=C1. The molecular weight excluding hydrogens is 348 g/mol. The predicted molar refractivity (Wildman–Crippen MR) is 114 cm³/mol. The van der Waals surface area contributed by atoms with E-state index < -0.39 is 0 Å². The molecule has 0 spiro atoms. The maximum atomic E-state index is 13.3. The number of allylic oxidation sites excluding steroid dienone is 4. The summed E-state index contributed by atoms with van der Waals surface area (Å²) in [5.74, 6) is -0.136. The molecule has 148 valence electrons.